The van der Waals surface area contributed by atoms with Gasteiger partial charge in [0.05, 0.1) is 5.69 Å². The predicted molar refractivity (Wildman–Crippen MR) is 118 cm³/mol. The Bertz CT molecular complexity index is 924. The van der Waals surface area contributed by atoms with E-state index in [1.807, 2.05) is 7.05 Å². The highest BCUT2D eigenvalue weighted by Crippen LogP contribution is 2.31. The first-order valence-corrected chi connectivity index (χ1v) is 10.5. The lowest BCUT2D eigenvalue weighted by Gasteiger charge is -2.14. The zero-order chi connectivity index (χ0) is 20.1. The summed E-state index contributed by atoms with van der Waals surface area (Å²) in [5.74, 6) is 0.0677. The number of rotatable bonds is 7. The average molecular weight is 394 g/mol. The summed E-state index contributed by atoms with van der Waals surface area (Å²) in [5, 5.41) is 6.54. The van der Waals surface area contributed by atoms with Crippen LogP contribution >= 0.6 is 11.3 Å². The number of anilines is 2. The molecule has 28 heavy (non-hydrogen) atoms. The molecule has 0 aliphatic rings. The zero-order valence-corrected chi connectivity index (χ0v) is 17.8. The number of carbonyl (C=O) groups is 1. The van der Waals surface area contributed by atoms with E-state index < -0.39 is 0 Å². The quantitative estimate of drug-likeness (QED) is 0.563. The standard InChI is InChI=1S/C23H27N3OS/c1-5-18-8-7-9-19(6-2)22(18)25-23-24-21(15-28-23)20-12-10-17(11-13-20)14-26(4)16(3)27/h7-13,15H,5-6,14H2,1-4H3,(H,24,25). The number of thiazole rings is 1. The molecule has 5 heteroatoms. The molecule has 146 valence electrons. The van der Waals surface area contributed by atoms with Crippen molar-refractivity contribution in [3.63, 3.8) is 0 Å². The van der Waals surface area contributed by atoms with Crippen molar-refractivity contribution >= 4 is 28.1 Å². The van der Waals surface area contributed by atoms with Crippen molar-refractivity contribution in [2.75, 3.05) is 12.4 Å². The van der Waals surface area contributed by atoms with Crippen LogP contribution in [-0.2, 0) is 24.2 Å². The Morgan fingerprint density at radius 1 is 1.07 bits per heavy atom. The highest BCUT2D eigenvalue weighted by molar-refractivity contribution is 7.14. The van der Waals surface area contributed by atoms with Gasteiger partial charge in [-0.25, -0.2) is 4.98 Å². The maximum absolute atomic E-state index is 11.4. The van der Waals surface area contributed by atoms with Gasteiger partial charge in [0.2, 0.25) is 5.91 Å². The molecule has 0 radical (unpaired) electrons. The molecule has 2 aromatic carbocycles. The van der Waals surface area contributed by atoms with Gasteiger partial charge in [0.15, 0.2) is 5.13 Å². The van der Waals surface area contributed by atoms with Gasteiger partial charge in [-0.2, -0.15) is 0 Å². The van der Waals surface area contributed by atoms with Gasteiger partial charge in [0.1, 0.15) is 0 Å². The van der Waals surface area contributed by atoms with E-state index in [0.29, 0.717) is 6.54 Å². The van der Waals surface area contributed by atoms with Gasteiger partial charge >= 0.3 is 0 Å². The summed E-state index contributed by atoms with van der Waals surface area (Å²) in [6, 6.07) is 14.7. The van der Waals surface area contributed by atoms with E-state index >= 15 is 0 Å². The zero-order valence-electron chi connectivity index (χ0n) is 17.0. The fourth-order valence-corrected chi connectivity index (χ4v) is 3.86. The molecule has 0 unspecified atom stereocenters. The molecule has 0 atom stereocenters. The molecule has 0 aliphatic carbocycles. The summed E-state index contributed by atoms with van der Waals surface area (Å²) in [6.07, 6.45) is 1.98. The monoisotopic (exact) mass is 393 g/mol. The highest BCUT2D eigenvalue weighted by Gasteiger charge is 2.10. The Morgan fingerprint density at radius 3 is 2.29 bits per heavy atom. The van der Waals surface area contributed by atoms with Crippen molar-refractivity contribution in [1.29, 1.82) is 0 Å². The van der Waals surface area contributed by atoms with Crippen LogP contribution in [0.3, 0.4) is 0 Å². The first kappa shape index (κ1) is 20.1. The number of nitrogens with one attached hydrogen (secondary N) is 1. The van der Waals surface area contributed by atoms with E-state index in [2.05, 4.69) is 67.0 Å². The molecular weight excluding hydrogens is 366 g/mol. The Labute approximate surface area is 171 Å². The Balaban J connectivity index is 1.77. The fourth-order valence-electron chi connectivity index (χ4n) is 3.14. The van der Waals surface area contributed by atoms with Gasteiger partial charge < -0.3 is 10.2 Å². The minimum absolute atomic E-state index is 0.0677. The first-order valence-electron chi connectivity index (χ1n) is 9.66. The van der Waals surface area contributed by atoms with Crippen LogP contribution in [0.4, 0.5) is 10.8 Å². The first-order chi connectivity index (χ1) is 13.5. The smallest absolute Gasteiger partial charge is 0.219 e. The molecule has 3 aromatic rings. The molecular formula is C23H27N3OS. The maximum atomic E-state index is 11.4. The molecule has 0 saturated carbocycles. The van der Waals surface area contributed by atoms with Gasteiger partial charge in [0.25, 0.3) is 0 Å². The number of aromatic nitrogens is 1. The van der Waals surface area contributed by atoms with Crippen LogP contribution in [0.15, 0.2) is 47.8 Å². The molecule has 4 nitrogen and oxygen atoms in total. The molecule has 0 spiro atoms. The van der Waals surface area contributed by atoms with Crippen molar-refractivity contribution in [3.05, 3.63) is 64.5 Å². The van der Waals surface area contributed by atoms with Crippen molar-refractivity contribution in [1.82, 2.24) is 9.88 Å². The van der Waals surface area contributed by atoms with Crippen molar-refractivity contribution in [2.24, 2.45) is 0 Å². The third-order valence-corrected chi connectivity index (χ3v) is 5.70. The van der Waals surface area contributed by atoms with E-state index in [-0.39, 0.29) is 5.91 Å². The van der Waals surface area contributed by atoms with Gasteiger partial charge in [-0.15, -0.1) is 11.3 Å². The second-order valence-electron chi connectivity index (χ2n) is 6.89. The van der Waals surface area contributed by atoms with Gasteiger partial charge in [-0.3, -0.25) is 4.79 Å². The number of hydrogen-bond acceptors (Lipinski definition) is 4. The number of hydrogen-bond donors (Lipinski definition) is 1. The number of aryl methyl sites for hydroxylation is 2. The van der Waals surface area contributed by atoms with E-state index in [0.717, 1.165) is 34.8 Å². The fraction of sp³-hybridized carbons (Fsp3) is 0.304. The van der Waals surface area contributed by atoms with Crippen LogP contribution in [-0.4, -0.2) is 22.8 Å². The summed E-state index contributed by atoms with van der Waals surface area (Å²) < 4.78 is 0. The van der Waals surface area contributed by atoms with Crippen LogP contribution < -0.4 is 5.32 Å². The van der Waals surface area contributed by atoms with Crippen LogP contribution in [0.5, 0.6) is 0 Å². The van der Waals surface area contributed by atoms with Gasteiger partial charge in [-0.1, -0.05) is 56.3 Å². The number of carbonyl (C=O) groups excluding carboxylic acids is 1. The highest BCUT2D eigenvalue weighted by atomic mass is 32.1. The third kappa shape index (κ3) is 4.60. The number of nitrogens with zero attached hydrogens (tertiary/aromatic N) is 2. The second kappa shape index (κ2) is 9.02. The summed E-state index contributed by atoms with van der Waals surface area (Å²) >= 11 is 1.62. The molecule has 1 N–H and O–H groups in total. The largest absolute Gasteiger partial charge is 0.342 e. The van der Waals surface area contributed by atoms with E-state index in [4.69, 9.17) is 4.98 Å². The molecule has 0 saturated heterocycles. The third-order valence-electron chi connectivity index (χ3n) is 4.94. The minimum Gasteiger partial charge on any atom is -0.342 e. The molecule has 1 amide bonds. The minimum atomic E-state index is 0.0677. The lowest BCUT2D eigenvalue weighted by molar-refractivity contribution is -0.128. The summed E-state index contributed by atoms with van der Waals surface area (Å²) in [4.78, 5) is 17.9. The number of benzene rings is 2. The second-order valence-corrected chi connectivity index (χ2v) is 7.75. The van der Waals surface area contributed by atoms with E-state index in [9.17, 15) is 4.79 Å². The topological polar surface area (TPSA) is 45.2 Å². The maximum Gasteiger partial charge on any atom is 0.219 e. The van der Waals surface area contributed by atoms with E-state index in [1.165, 1.54) is 16.8 Å². The Kier molecular flexibility index (Phi) is 6.47. The molecule has 3 rings (SSSR count). The molecule has 0 bridgehead atoms. The molecule has 1 aromatic heterocycles. The van der Waals surface area contributed by atoms with Gasteiger partial charge in [0, 0.05) is 37.1 Å². The van der Waals surface area contributed by atoms with Crippen LogP contribution in [0.1, 0.15) is 37.5 Å². The van der Waals surface area contributed by atoms with Crippen LogP contribution in [0.2, 0.25) is 0 Å². The van der Waals surface area contributed by atoms with Crippen molar-refractivity contribution < 1.29 is 4.79 Å². The lowest BCUT2D eigenvalue weighted by atomic mass is 10.0. The normalized spacial score (nSPS) is 10.7. The molecule has 1 heterocycles. The number of para-hydroxylation sites is 1. The average Bonchev–Trinajstić information content (AvgIpc) is 3.17. The van der Waals surface area contributed by atoms with Crippen LogP contribution in [0.25, 0.3) is 11.3 Å². The van der Waals surface area contributed by atoms with E-state index in [1.54, 1.807) is 23.2 Å². The Hall–Kier alpha value is -2.66. The summed E-state index contributed by atoms with van der Waals surface area (Å²) in [7, 11) is 1.81. The Morgan fingerprint density at radius 2 is 1.71 bits per heavy atom. The molecule has 0 aliphatic heterocycles. The predicted octanol–water partition coefficient (Wildman–Crippen LogP) is 5.66. The van der Waals surface area contributed by atoms with Crippen molar-refractivity contribution in [3.8, 4) is 11.3 Å². The summed E-state index contributed by atoms with van der Waals surface area (Å²) in [5.41, 5.74) is 6.98. The molecule has 0 fully saturated rings. The number of amides is 1. The summed E-state index contributed by atoms with van der Waals surface area (Å²) in [6.45, 7) is 6.56. The SMILES string of the molecule is CCc1cccc(CC)c1Nc1nc(-c2ccc(CN(C)C(C)=O)cc2)cs1. The van der Waals surface area contributed by atoms with Crippen LogP contribution in [0, 0.1) is 0 Å². The van der Waals surface area contributed by atoms with Gasteiger partial charge in [-0.05, 0) is 29.5 Å². The van der Waals surface area contributed by atoms with Crippen molar-refractivity contribution in [2.45, 2.75) is 40.2 Å². The lowest BCUT2D eigenvalue weighted by Crippen LogP contribution is -2.22.